The second-order valence-corrected chi connectivity index (χ2v) is 6.83. The minimum Gasteiger partial charge on any atom is -0.381 e. The number of hydrogen-bond donors (Lipinski definition) is 2. The number of carbonyl (C=O) groups excluding carboxylic acids is 1. The second-order valence-electron chi connectivity index (χ2n) is 6.83. The first-order chi connectivity index (χ1) is 12.8. The lowest BCUT2D eigenvalue weighted by molar-refractivity contribution is 0.0704. The Balaban J connectivity index is 1.38. The Bertz CT molecular complexity index is 750. The highest BCUT2D eigenvalue weighted by atomic mass is 16.5. The van der Waals surface area contributed by atoms with Gasteiger partial charge in [-0.25, -0.2) is 9.97 Å². The summed E-state index contributed by atoms with van der Waals surface area (Å²) in [5.74, 6) is -0.114. The van der Waals surface area contributed by atoms with Gasteiger partial charge in [0.25, 0.3) is 5.91 Å². The van der Waals surface area contributed by atoms with Crippen LogP contribution in [0.4, 0.5) is 0 Å². The summed E-state index contributed by atoms with van der Waals surface area (Å²) < 4.78 is 12.9. The van der Waals surface area contributed by atoms with Crippen LogP contribution in [0.25, 0.3) is 11.2 Å². The second kappa shape index (κ2) is 8.11. The van der Waals surface area contributed by atoms with Crippen molar-refractivity contribution >= 4 is 17.1 Å². The molecule has 2 N–H and O–H groups in total. The molecule has 26 heavy (non-hydrogen) atoms. The van der Waals surface area contributed by atoms with Gasteiger partial charge in [-0.1, -0.05) is 0 Å². The van der Waals surface area contributed by atoms with Crippen molar-refractivity contribution in [2.45, 2.75) is 31.3 Å². The van der Waals surface area contributed by atoms with Crippen LogP contribution < -0.4 is 10.6 Å². The van der Waals surface area contributed by atoms with E-state index in [0.29, 0.717) is 30.8 Å². The highest BCUT2D eigenvalue weighted by Crippen LogP contribution is 2.24. The number of morpholine rings is 1. The molecule has 1 amide bonds. The third-order valence-electron chi connectivity index (χ3n) is 5.04. The molecule has 2 saturated heterocycles. The van der Waals surface area contributed by atoms with Crippen LogP contribution in [0.5, 0.6) is 0 Å². The van der Waals surface area contributed by atoms with Gasteiger partial charge < -0.3 is 24.7 Å². The van der Waals surface area contributed by atoms with Crippen LogP contribution in [-0.4, -0.2) is 66.0 Å². The molecule has 1 unspecified atom stereocenters. The maximum absolute atomic E-state index is 12.4. The quantitative estimate of drug-likeness (QED) is 0.824. The molecule has 2 fully saturated rings. The molecular formula is C18H25N5O3. The van der Waals surface area contributed by atoms with Gasteiger partial charge in [-0.3, -0.25) is 4.79 Å². The van der Waals surface area contributed by atoms with E-state index in [1.165, 1.54) is 0 Å². The minimum atomic E-state index is -0.114. The van der Waals surface area contributed by atoms with Gasteiger partial charge in [-0.15, -0.1) is 0 Å². The van der Waals surface area contributed by atoms with Gasteiger partial charge in [0.2, 0.25) is 0 Å². The van der Waals surface area contributed by atoms with E-state index in [9.17, 15) is 4.79 Å². The maximum Gasteiger partial charge on any atom is 0.252 e. The molecule has 4 heterocycles. The molecule has 8 nitrogen and oxygen atoms in total. The summed E-state index contributed by atoms with van der Waals surface area (Å²) in [5.41, 5.74) is 2.13. The smallest absolute Gasteiger partial charge is 0.252 e. The molecule has 8 heteroatoms. The van der Waals surface area contributed by atoms with Crippen LogP contribution in [-0.2, 0) is 9.47 Å². The van der Waals surface area contributed by atoms with Gasteiger partial charge in [0, 0.05) is 44.6 Å². The van der Waals surface area contributed by atoms with Gasteiger partial charge in [0.1, 0.15) is 5.52 Å². The number of hydrogen-bond acceptors (Lipinski definition) is 6. The van der Waals surface area contributed by atoms with Crippen molar-refractivity contribution in [3.63, 3.8) is 0 Å². The van der Waals surface area contributed by atoms with Crippen molar-refractivity contribution in [3.05, 3.63) is 24.2 Å². The Hall–Kier alpha value is -2.03. The van der Waals surface area contributed by atoms with Crippen LogP contribution in [0.3, 0.4) is 0 Å². The van der Waals surface area contributed by atoms with E-state index < -0.39 is 0 Å². The van der Waals surface area contributed by atoms with Gasteiger partial charge in [-0.05, 0) is 25.3 Å². The molecule has 0 spiro atoms. The molecule has 2 aliphatic rings. The number of nitrogens with one attached hydrogen (secondary N) is 2. The van der Waals surface area contributed by atoms with Crippen LogP contribution in [0.1, 0.15) is 35.7 Å². The molecule has 0 saturated carbocycles. The Morgan fingerprint density at radius 1 is 1.27 bits per heavy atom. The molecule has 1 atom stereocenters. The lowest BCUT2D eigenvalue weighted by Crippen LogP contribution is -2.43. The van der Waals surface area contributed by atoms with Gasteiger partial charge >= 0.3 is 0 Å². The van der Waals surface area contributed by atoms with Crippen LogP contribution >= 0.6 is 0 Å². The van der Waals surface area contributed by atoms with Crippen molar-refractivity contribution in [3.8, 4) is 0 Å². The van der Waals surface area contributed by atoms with E-state index in [1.54, 1.807) is 6.20 Å². The number of aromatic nitrogens is 3. The molecule has 0 aliphatic carbocycles. The first-order valence-electron chi connectivity index (χ1n) is 9.31. The summed E-state index contributed by atoms with van der Waals surface area (Å²) in [6.45, 7) is 4.48. The summed E-state index contributed by atoms with van der Waals surface area (Å²) in [6, 6.07) is 2.49. The van der Waals surface area contributed by atoms with E-state index in [2.05, 4.69) is 25.2 Å². The number of pyridine rings is 1. The highest BCUT2D eigenvalue weighted by molar-refractivity contribution is 5.96. The Morgan fingerprint density at radius 3 is 2.96 bits per heavy atom. The first-order valence-corrected chi connectivity index (χ1v) is 9.31. The molecule has 4 rings (SSSR count). The van der Waals surface area contributed by atoms with Crippen LogP contribution in [0, 0.1) is 0 Å². The first kappa shape index (κ1) is 17.4. The average molecular weight is 359 g/mol. The normalized spacial score (nSPS) is 21.8. The largest absolute Gasteiger partial charge is 0.381 e. The summed E-state index contributed by atoms with van der Waals surface area (Å²) in [6.07, 6.45) is 6.24. The van der Waals surface area contributed by atoms with E-state index in [0.717, 1.165) is 56.8 Å². The van der Waals surface area contributed by atoms with Gasteiger partial charge in [-0.2, -0.15) is 0 Å². The summed E-state index contributed by atoms with van der Waals surface area (Å²) in [5, 5.41) is 6.34. The zero-order valence-corrected chi connectivity index (χ0v) is 14.8. The van der Waals surface area contributed by atoms with Crippen molar-refractivity contribution in [1.82, 2.24) is 25.2 Å². The molecule has 2 aromatic heterocycles. The van der Waals surface area contributed by atoms with Crippen LogP contribution in [0.15, 0.2) is 18.6 Å². The Morgan fingerprint density at radius 2 is 2.15 bits per heavy atom. The van der Waals surface area contributed by atoms with E-state index in [1.807, 2.05) is 12.4 Å². The standard InChI is InChI=1S/C18H25N5O3/c24-18(20-4-1-14-11-26-8-5-19-14)13-9-16-17(21-10-13)23(12-22-16)15-2-6-25-7-3-15/h9-10,12,14-15,19H,1-8,11H2,(H,20,24). The molecule has 0 radical (unpaired) electrons. The van der Waals surface area contributed by atoms with Crippen molar-refractivity contribution in [2.24, 2.45) is 0 Å². The fourth-order valence-electron chi connectivity index (χ4n) is 3.54. The predicted molar refractivity (Wildman–Crippen MR) is 96.2 cm³/mol. The number of ether oxygens (including phenoxy) is 2. The minimum absolute atomic E-state index is 0.114. The zero-order valence-electron chi connectivity index (χ0n) is 14.8. The SMILES string of the molecule is O=C(NCCC1COCCN1)c1cnc2c(c1)ncn2C1CCOCC1. The third-order valence-corrected chi connectivity index (χ3v) is 5.04. The highest BCUT2D eigenvalue weighted by Gasteiger charge is 2.19. The number of amides is 1. The molecule has 0 aromatic carbocycles. The van der Waals surface area contributed by atoms with E-state index in [-0.39, 0.29) is 5.91 Å². The monoisotopic (exact) mass is 359 g/mol. The average Bonchev–Trinajstić information content (AvgIpc) is 3.12. The molecule has 140 valence electrons. The zero-order chi connectivity index (χ0) is 17.8. The van der Waals surface area contributed by atoms with Gasteiger partial charge in [0.05, 0.1) is 25.1 Å². The Labute approximate surface area is 152 Å². The number of carbonyl (C=O) groups is 1. The molecular weight excluding hydrogens is 334 g/mol. The number of imidazole rings is 1. The van der Waals surface area contributed by atoms with Gasteiger partial charge in [0.15, 0.2) is 5.65 Å². The van der Waals surface area contributed by atoms with Crippen molar-refractivity contribution in [2.75, 3.05) is 39.5 Å². The summed E-state index contributed by atoms with van der Waals surface area (Å²) >= 11 is 0. The summed E-state index contributed by atoms with van der Waals surface area (Å²) in [4.78, 5) is 21.3. The summed E-state index contributed by atoms with van der Waals surface area (Å²) in [7, 11) is 0. The van der Waals surface area contributed by atoms with E-state index in [4.69, 9.17) is 9.47 Å². The molecule has 2 aliphatic heterocycles. The lowest BCUT2D eigenvalue weighted by atomic mass is 10.1. The topological polar surface area (TPSA) is 90.3 Å². The fourth-order valence-corrected chi connectivity index (χ4v) is 3.54. The molecule has 0 bridgehead atoms. The van der Waals surface area contributed by atoms with E-state index >= 15 is 0 Å². The number of fused-ring (bicyclic) bond motifs is 1. The third kappa shape index (κ3) is 3.87. The fraction of sp³-hybridized carbons (Fsp3) is 0.611. The molecule has 2 aromatic rings. The maximum atomic E-state index is 12.4. The lowest BCUT2D eigenvalue weighted by Gasteiger charge is -2.23. The predicted octanol–water partition coefficient (Wildman–Crippen LogP) is 0.891. The number of nitrogens with zero attached hydrogens (tertiary/aromatic N) is 3. The van der Waals surface area contributed by atoms with Crippen LogP contribution in [0.2, 0.25) is 0 Å². The van der Waals surface area contributed by atoms with Crippen molar-refractivity contribution < 1.29 is 14.3 Å². The van der Waals surface area contributed by atoms with Crippen molar-refractivity contribution in [1.29, 1.82) is 0 Å². The number of rotatable bonds is 5. The Kier molecular flexibility index (Phi) is 5.42.